The summed E-state index contributed by atoms with van der Waals surface area (Å²) in [6.45, 7) is 3.66. The molecule has 0 saturated carbocycles. The number of carboxylic acid groups (broad SMARTS) is 1. The Morgan fingerprint density at radius 1 is 1.45 bits per heavy atom. The second-order valence-corrected chi connectivity index (χ2v) is 4.92. The molecule has 1 rings (SSSR count). The summed E-state index contributed by atoms with van der Waals surface area (Å²) in [4.78, 5) is 21.5. The standard InChI is InChI=1S/C13H18N2O5/c1-8(2)6-9(7-16)14-12-10(13(17)18)4-3-5-11(12)15(19)20/h3-5,8-9,14,16H,6-7H2,1-2H3,(H,17,18). The summed E-state index contributed by atoms with van der Waals surface area (Å²) < 4.78 is 0. The van der Waals surface area contributed by atoms with Crippen molar-refractivity contribution in [2.45, 2.75) is 26.3 Å². The quantitative estimate of drug-likeness (QED) is 0.521. The number of aliphatic hydroxyl groups excluding tert-OH is 1. The van der Waals surface area contributed by atoms with Gasteiger partial charge in [-0.2, -0.15) is 0 Å². The van der Waals surface area contributed by atoms with Gasteiger partial charge in [0.25, 0.3) is 5.69 Å². The van der Waals surface area contributed by atoms with Crippen LogP contribution in [0.3, 0.4) is 0 Å². The number of rotatable bonds is 7. The van der Waals surface area contributed by atoms with Crippen molar-refractivity contribution in [3.8, 4) is 0 Å². The molecule has 20 heavy (non-hydrogen) atoms. The van der Waals surface area contributed by atoms with E-state index in [9.17, 15) is 20.0 Å². The number of aliphatic hydroxyl groups is 1. The zero-order chi connectivity index (χ0) is 15.3. The number of anilines is 1. The van der Waals surface area contributed by atoms with Gasteiger partial charge in [-0.1, -0.05) is 19.9 Å². The SMILES string of the molecule is CC(C)CC(CO)Nc1c(C(=O)O)cccc1[N+](=O)[O-]. The predicted molar refractivity (Wildman–Crippen MR) is 74.0 cm³/mol. The zero-order valence-electron chi connectivity index (χ0n) is 11.4. The molecule has 0 bridgehead atoms. The molecule has 0 aromatic heterocycles. The molecule has 0 aliphatic rings. The normalized spacial score (nSPS) is 12.2. The summed E-state index contributed by atoms with van der Waals surface area (Å²) in [5, 5.41) is 32.2. The Labute approximate surface area is 116 Å². The summed E-state index contributed by atoms with van der Waals surface area (Å²) in [7, 11) is 0. The number of nitrogens with zero attached hydrogens (tertiary/aromatic N) is 1. The van der Waals surface area contributed by atoms with Crippen LogP contribution in [0.1, 0.15) is 30.6 Å². The van der Waals surface area contributed by atoms with Crippen LogP contribution in [0.15, 0.2) is 18.2 Å². The fraction of sp³-hybridized carbons (Fsp3) is 0.462. The van der Waals surface area contributed by atoms with E-state index in [0.717, 1.165) is 0 Å². The maximum atomic E-state index is 11.2. The third kappa shape index (κ3) is 3.92. The molecule has 0 spiro atoms. The molecule has 7 nitrogen and oxygen atoms in total. The molecule has 1 unspecified atom stereocenters. The first-order valence-electron chi connectivity index (χ1n) is 6.24. The Morgan fingerprint density at radius 2 is 2.10 bits per heavy atom. The number of nitro benzene ring substituents is 1. The molecule has 0 amide bonds. The van der Waals surface area contributed by atoms with Gasteiger partial charge in [0, 0.05) is 12.1 Å². The number of hydrogen-bond donors (Lipinski definition) is 3. The minimum absolute atomic E-state index is 0.0651. The number of carbonyl (C=O) groups is 1. The largest absolute Gasteiger partial charge is 0.478 e. The number of nitrogens with one attached hydrogen (secondary N) is 1. The molecule has 0 heterocycles. The van der Waals surface area contributed by atoms with E-state index in [0.29, 0.717) is 6.42 Å². The summed E-state index contributed by atoms with van der Waals surface area (Å²) >= 11 is 0. The molecule has 0 fully saturated rings. The van der Waals surface area contributed by atoms with Crippen molar-refractivity contribution in [1.82, 2.24) is 0 Å². The van der Waals surface area contributed by atoms with Crippen LogP contribution in [-0.2, 0) is 0 Å². The molecule has 0 aliphatic heterocycles. The smallest absolute Gasteiger partial charge is 0.338 e. The van der Waals surface area contributed by atoms with Crippen molar-refractivity contribution in [3.63, 3.8) is 0 Å². The van der Waals surface area contributed by atoms with Crippen LogP contribution < -0.4 is 5.32 Å². The minimum Gasteiger partial charge on any atom is -0.478 e. The van der Waals surface area contributed by atoms with E-state index in [1.54, 1.807) is 0 Å². The molecule has 1 aromatic carbocycles. The third-order valence-electron chi connectivity index (χ3n) is 2.79. The van der Waals surface area contributed by atoms with Gasteiger partial charge in [0.05, 0.1) is 17.1 Å². The summed E-state index contributed by atoms with van der Waals surface area (Å²) in [5.74, 6) is -0.992. The van der Waals surface area contributed by atoms with Crippen LogP contribution in [0, 0.1) is 16.0 Å². The number of aromatic carboxylic acids is 1. The lowest BCUT2D eigenvalue weighted by atomic mass is 10.0. The van der Waals surface area contributed by atoms with Gasteiger partial charge < -0.3 is 15.5 Å². The molecule has 0 saturated heterocycles. The van der Waals surface area contributed by atoms with Crippen LogP contribution >= 0.6 is 0 Å². The highest BCUT2D eigenvalue weighted by atomic mass is 16.6. The number of hydrogen-bond acceptors (Lipinski definition) is 5. The highest BCUT2D eigenvalue weighted by Crippen LogP contribution is 2.29. The first kappa shape index (κ1) is 15.9. The maximum Gasteiger partial charge on any atom is 0.338 e. The number of nitro groups is 1. The molecule has 1 atom stereocenters. The summed E-state index contributed by atoms with van der Waals surface area (Å²) in [5.41, 5.74) is -0.557. The van der Waals surface area contributed by atoms with Crippen LogP contribution in [0.4, 0.5) is 11.4 Å². The van der Waals surface area contributed by atoms with Crippen molar-refractivity contribution in [2.75, 3.05) is 11.9 Å². The molecule has 7 heteroatoms. The average molecular weight is 282 g/mol. The van der Waals surface area contributed by atoms with Crippen LogP contribution in [-0.4, -0.2) is 33.8 Å². The fourth-order valence-corrected chi connectivity index (χ4v) is 1.97. The highest BCUT2D eigenvalue weighted by molar-refractivity contribution is 5.96. The molecular formula is C13H18N2O5. The van der Waals surface area contributed by atoms with Crippen molar-refractivity contribution >= 4 is 17.3 Å². The van der Waals surface area contributed by atoms with Crippen LogP contribution in [0.25, 0.3) is 0 Å². The van der Waals surface area contributed by atoms with Crippen LogP contribution in [0.5, 0.6) is 0 Å². The second-order valence-electron chi connectivity index (χ2n) is 4.92. The van der Waals surface area contributed by atoms with Gasteiger partial charge in [0.15, 0.2) is 0 Å². The van der Waals surface area contributed by atoms with Gasteiger partial charge in [0.1, 0.15) is 5.69 Å². The van der Waals surface area contributed by atoms with Crippen LogP contribution in [0.2, 0.25) is 0 Å². The van der Waals surface area contributed by atoms with Gasteiger partial charge in [-0.15, -0.1) is 0 Å². The number of benzene rings is 1. The van der Waals surface area contributed by atoms with Crippen molar-refractivity contribution in [2.24, 2.45) is 5.92 Å². The van der Waals surface area contributed by atoms with Gasteiger partial charge in [-0.25, -0.2) is 4.79 Å². The highest BCUT2D eigenvalue weighted by Gasteiger charge is 2.23. The van der Waals surface area contributed by atoms with E-state index in [4.69, 9.17) is 5.11 Å². The topological polar surface area (TPSA) is 113 Å². The van der Waals surface area contributed by atoms with Crippen molar-refractivity contribution in [1.29, 1.82) is 0 Å². The molecule has 110 valence electrons. The minimum atomic E-state index is -1.25. The lowest BCUT2D eigenvalue weighted by molar-refractivity contribution is -0.384. The van der Waals surface area contributed by atoms with E-state index in [1.165, 1.54) is 18.2 Å². The second kappa shape index (κ2) is 6.85. The van der Waals surface area contributed by atoms with Gasteiger partial charge >= 0.3 is 5.97 Å². The van der Waals surface area contributed by atoms with E-state index < -0.39 is 16.9 Å². The van der Waals surface area contributed by atoms with E-state index in [1.807, 2.05) is 13.8 Å². The maximum absolute atomic E-state index is 11.2. The Bertz CT molecular complexity index is 469. The lowest BCUT2D eigenvalue weighted by Crippen LogP contribution is -2.27. The first-order chi connectivity index (χ1) is 9.36. The van der Waals surface area contributed by atoms with Crippen molar-refractivity contribution in [3.05, 3.63) is 33.9 Å². The lowest BCUT2D eigenvalue weighted by Gasteiger charge is -2.20. The summed E-state index contributed by atoms with van der Waals surface area (Å²) in [6.07, 6.45) is 0.571. The monoisotopic (exact) mass is 282 g/mol. The molecule has 3 N–H and O–H groups in total. The average Bonchev–Trinajstić information content (AvgIpc) is 2.36. The number of carboxylic acids is 1. The Balaban J connectivity index is 3.19. The van der Waals surface area contributed by atoms with Gasteiger partial charge in [0.2, 0.25) is 0 Å². The first-order valence-corrected chi connectivity index (χ1v) is 6.24. The van der Waals surface area contributed by atoms with E-state index in [2.05, 4.69) is 5.32 Å². The van der Waals surface area contributed by atoms with Gasteiger partial charge in [-0.05, 0) is 18.4 Å². The molecule has 1 aromatic rings. The fourth-order valence-electron chi connectivity index (χ4n) is 1.97. The van der Waals surface area contributed by atoms with Crippen molar-refractivity contribution < 1.29 is 19.9 Å². The van der Waals surface area contributed by atoms with Gasteiger partial charge in [-0.3, -0.25) is 10.1 Å². The molecule has 0 aliphatic carbocycles. The Hall–Kier alpha value is -2.15. The molecule has 0 radical (unpaired) electrons. The third-order valence-corrected chi connectivity index (χ3v) is 2.79. The summed E-state index contributed by atoms with van der Waals surface area (Å²) in [6, 6.07) is 3.41. The predicted octanol–water partition coefficient (Wildman–Crippen LogP) is 2.11. The Morgan fingerprint density at radius 3 is 2.55 bits per heavy atom. The van der Waals surface area contributed by atoms with E-state index >= 15 is 0 Å². The molecular weight excluding hydrogens is 264 g/mol. The number of para-hydroxylation sites is 1. The van der Waals surface area contributed by atoms with E-state index in [-0.39, 0.29) is 29.5 Å². The zero-order valence-corrected chi connectivity index (χ0v) is 11.4. The Kier molecular flexibility index (Phi) is 5.45.